The molecule has 3 heterocycles. The normalized spacial score (nSPS) is 12.6. The van der Waals surface area contributed by atoms with Crippen molar-refractivity contribution in [3.8, 4) is 34.2 Å². The Morgan fingerprint density at radius 2 is 1.80 bits per heavy atom. The van der Waals surface area contributed by atoms with Crippen LogP contribution in [0.1, 0.15) is 17.2 Å². The van der Waals surface area contributed by atoms with E-state index >= 15 is 0 Å². The molecule has 0 spiro atoms. The summed E-state index contributed by atoms with van der Waals surface area (Å²) in [5, 5.41) is 12.6. The number of nitrogens with zero attached hydrogens (tertiary/aromatic N) is 4. The first kappa shape index (κ1) is 18.4. The average Bonchev–Trinajstić information content (AvgIpc) is 3.48. The summed E-state index contributed by atoms with van der Waals surface area (Å²) in [5.41, 5.74) is 3.46. The van der Waals surface area contributed by atoms with E-state index in [4.69, 9.17) is 18.4 Å². The highest BCUT2D eigenvalue weighted by Crippen LogP contribution is 2.34. The second-order valence-electron chi connectivity index (χ2n) is 7.19. The fourth-order valence-electron chi connectivity index (χ4n) is 3.47. The molecule has 0 saturated heterocycles. The third kappa shape index (κ3) is 3.53. The van der Waals surface area contributed by atoms with Gasteiger partial charge in [-0.25, -0.2) is 0 Å². The van der Waals surface area contributed by atoms with Gasteiger partial charge in [-0.05, 0) is 31.7 Å². The number of hydrogen-bond donors (Lipinski definition) is 0. The number of fused-ring (bicyclic) bond motifs is 1. The molecule has 0 bridgehead atoms. The fourth-order valence-corrected chi connectivity index (χ4v) is 3.47. The van der Waals surface area contributed by atoms with Crippen LogP contribution < -0.4 is 9.47 Å². The summed E-state index contributed by atoms with van der Waals surface area (Å²) in [5.74, 6) is 3.11. The highest BCUT2D eigenvalue weighted by atomic mass is 16.7. The van der Waals surface area contributed by atoms with Gasteiger partial charge in [-0.2, -0.15) is 0 Å². The van der Waals surface area contributed by atoms with Crippen molar-refractivity contribution in [2.75, 3.05) is 13.8 Å². The number of rotatable bonds is 6. The highest BCUT2D eigenvalue weighted by molar-refractivity contribution is 5.77. The first-order valence-electron chi connectivity index (χ1n) is 9.59. The Hall–Kier alpha value is -3.65. The van der Waals surface area contributed by atoms with Crippen LogP contribution in [0.25, 0.3) is 22.7 Å². The van der Waals surface area contributed by atoms with E-state index in [1.807, 2.05) is 62.5 Å². The van der Waals surface area contributed by atoms with Gasteiger partial charge in [-0.1, -0.05) is 41.6 Å². The van der Waals surface area contributed by atoms with Crippen LogP contribution in [0.15, 0.2) is 57.5 Å². The third-order valence-corrected chi connectivity index (χ3v) is 4.89. The second-order valence-corrected chi connectivity index (χ2v) is 7.19. The molecule has 8 heteroatoms. The van der Waals surface area contributed by atoms with Gasteiger partial charge in [0.1, 0.15) is 17.0 Å². The molecule has 2 aromatic heterocycles. The van der Waals surface area contributed by atoms with Crippen LogP contribution >= 0.6 is 0 Å². The Morgan fingerprint density at radius 3 is 2.67 bits per heavy atom. The van der Waals surface area contributed by atoms with Crippen LogP contribution in [0.5, 0.6) is 11.5 Å². The Balaban J connectivity index is 1.32. The second kappa shape index (κ2) is 7.64. The lowest BCUT2D eigenvalue weighted by molar-refractivity contribution is 0.174. The van der Waals surface area contributed by atoms with Crippen molar-refractivity contribution in [2.24, 2.45) is 0 Å². The molecule has 1 aliphatic heterocycles. The van der Waals surface area contributed by atoms with Crippen molar-refractivity contribution in [1.82, 2.24) is 20.3 Å². The maximum Gasteiger partial charge on any atom is 0.253 e. The molecular formula is C22H20N4O4. The Kier molecular flexibility index (Phi) is 4.68. The van der Waals surface area contributed by atoms with Gasteiger partial charge >= 0.3 is 0 Å². The van der Waals surface area contributed by atoms with Gasteiger partial charge in [0.25, 0.3) is 5.89 Å². The topological polar surface area (TPSA) is 86.7 Å². The van der Waals surface area contributed by atoms with E-state index in [1.54, 1.807) is 0 Å². The zero-order valence-electron chi connectivity index (χ0n) is 16.7. The summed E-state index contributed by atoms with van der Waals surface area (Å²) in [6, 6.07) is 15.7. The van der Waals surface area contributed by atoms with Gasteiger partial charge in [-0.3, -0.25) is 4.90 Å². The smallest absolute Gasteiger partial charge is 0.253 e. The third-order valence-electron chi connectivity index (χ3n) is 4.89. The van der Waals surface area contributed by atoms with Gasteiger partial charge in [0.2, 0.25) is 12.7 Å². The van der Waals surface area contributed by atoms with Crippen molar-refractivity contribution in [3.05, 3.63) is 65.7 Å². The Morgan fingerprint density at radius 1 is 0.967 bits per heavy atom. The summed E-state index contributed by atoms with van der Waals surface area (Å²) < 4.78 is 22.2. The summed E-state index contributed by atoms with van der Waals surface area (Å²) in [6.45, 7) is 3.32. The Labute approximate surface area is 173 Å². The van der Waals surface area contributed by atoms with E-state index in [2.05, 4.69) is 20.3 Å². The van der Waals surface area contributed by atoms with Gasteiger partial charge < -0.3 is 18.4 Å². The number of aromatic nitrogens is 3. The van der Waals surface area contributed by atoms with Crippen LogP contribution in [0.4, 0.5) is 0 Å². The van der Waals surface area contributed by atoms with Gasteiger partial charge in [0.15, 0.2) is 11.5 Å². The molecule has 0 unspecified atom stereocenters. The van der Waals surface area contributed by atoms with E-state index in [-0.39, 0.29) is 6.79 Å². The van der Waals surface area contributed by atoms with Crippen molar-refractivity contribution < 1.29 is 18.4 Å². The van der Waals surface area contributed by atoms with Crippen molar-refractivity contribution in [2.45, 2.75) is 20.0 Å². The van der Waals surface area contributed by atoms with E-state index in [9.17, 15) is 0 Å². The van der Waals surface area contributed by atoms with Crippen molar-refractivity contribution >= 4 is 0 Å². The van der Waals surface area contributed by atoms with Crippen LogP contribution in [-0.4, -0.2) is 34.1 Å². The fraction of sp³-hybridized carbons (Fsp3) is 0.227. The van der Waals surface area contributed by atoms with Crippen LogP contribution in [-0.2, 0) is 13.1 Å². The summed E-state index contributed by atoms with van der Waals surface area (Å²) in [6.07, 6.45) is 0. The molecule has 0 aliphatic carbocycles. The minimum atomic E-state index is 0.270. The number of hydrogen-bond acceptors (Lipinski definition) is 8. The summed E-state index contributed by atoms with van der Waals surface area (Å²) in [7, 11) is 1.99. The van der Waals surface area contributed by atoms with Gasteiger partial charge in [0.05, 0.1) is 6.54 Å². The predicted octanol–water partition coefficient (Wildman–Crippen LogP) is 4.06. The molecule has 30 heavy (non-hydrogen) atoms. The minimum Gasteiger partial charge on any atom is -0.454 e. The molecule has 0 fully saturated rings. The van der Waals surface area contributed by atoms with Gasteiger partial charge in [-0.15, -0.1) is 10.2 Å². The monoisotopic (exact) mass is 404 g/mol. The molecular weight excluding hydrogens is 384 g/mol. The maximum absolute atomic E-state index is 5.94. The molecule has 1 aliphatic rings. The quantitative estimate of drug-likeness (QED) is 0.475. The zero-order chi connectivity index (χ0) is 20.5. The summed E-state index contributed by atoms with van der Waals surface area (Å²) in [4.78, 5) is 2.09. The van der Waals surface area contributed by atoms with Crippen LogP contribution in [0.3, 0.4) is 0 Å². The Bertz CT molecular complexity index is 1170. The van der Waals surface area contributed by atoms with Gasteiger partial charge in [0, 0.05) is 12.1 Å². The van der Waals surface area contributed by atoms with E-state index in [0.29, 0.717) is 36.3 Å². The van der Waals surface area contributed by atoms with E-state index in [1.165, 1.54) is 0 Å². The number of aryl methyl sites for hydroxylation is 1. The first-order valence-corrected chi connectivity index (χ1v) is 9.59. The SMILES string of the molecule is Cc1onc(-c2ccccc2)c1-c1nnc(CN(C)Cc2ccc3c(c2)OCO3)o1. The lowest BCUT2D eigenvalue weighted by Crippen LogP contribution is -2.17. The number of ether oxygens (including phenoxy) is 2. The molecule has 5 rings (SSSR count). The molecule has 0 N–H and O–H groups in total. The molecule has 8 nitrogen and oxygen atoms in total. The average molecular weight is 404 g/mol. The minimum absolute atomic E-state index is 0.270. The molecule has 0 amide bonds. The molecule has 0 saturated carbocycles. The van der Waals surface area contributed by atoms with Crippen LogP contribution in [0, 0.1) is 6.92 Å². The lowest BCUT2D eigenvalue weighted by Gasteiger charge is -2.14. The highest BCUT2D eigenvalue weighted by Gasteiger charge is 2.22. The van der Waals surface area contributed by atoms with E-state index < -0.39 is 0 Å². The first-order chi connectivity index (χ1) is 14.7. The maximum atomic E-state index is 5.94. The van der Waals surface area contributed by atoms with Crippen molar-refractivity contribution in [3.63, 3.8) is 0 Å². The lowest BCUT2D eigenvalue weighted by atomic mass is 10.1. The molecule has 2 aromatic carbocycles. The standard InChI is InChI=1S/C22H20N4O4/c1-14-20(21(25-30-14)16-6-4-3-5-7-16)22-24-23-19(29-22)12-26(2)11-15-8-9-17-18(10-15)28-13-27-17/h3-10H,11-13H2,1-2H3. The largest absolute Gasteiger partial charge is 0.454 e. The van der Waals surface area contributed by atoms with Crippen molar-refractivity contribution in [1.29, 1.82) is 0 Å². The summed E-state index contributed by atoms with van der Waals surface area (Å²) >= 11 is 0. The zero-order valence-corrected chi connectivity index (χ0v) is 16.7. The van der Waals surface area contributed by atoms with E-state index in [0.717, 1.165) is 28.2 Å². The molecule has 4 aromatic rings. The molecule has 0 atom stereocenters. The number of benzene rings is 2. The van der Waals surface area contributed by atoms with Crippen LogP contribution in [0.2, 0.25) is 0 Å². The molecule has 0 radical (unpaired) electrons. The predicted molar refractivity (Wildman–Crippen MR) is 108 cm³/mol. The molecule has 152 valence electrons.